The first-order chi connectivity index (χ1) is 8.60. The molecule has 1 aromatic rings. The molecule has 3 N–H and O–H groups in total. The zero-order valence-corrected chi connectivity index (χ0v) is 11.3. The quantitative estimate of drug-likeness (QED) is 0.854. The minimum absolute atomic E-state index is 0.0825. The van der Waals surface area contributed by atoms with Crippen molar-refractivity contribution >= 4 is 22.4 Å². The molecule has 3 rings (SSSR count). The summed E-state index contributed by atoms with van der Waals surface area (Å²) in [6.45, 7) is 5.24. The number of rotatable bonds is 3. The smallest absolute Gasteiger partial charge is 0.246 e. The summed E-state index contributed by atoms with van der Waals surface area (Å²) in [5.41, 5.74) is 6.38. The molecule has 18 heavy (non-hydrogen) atoms. The molecule has 0 saturated heterocycles. The number of nitrogens with zero attached hydrogens (tertiary/aromatic N) is 2. The van der Waals surface area contributed by atoms with Crippen LogP contribution in [0.2, 0.25) is 0 Å². The second-order valence-corrected chi connectivity index (χ2v) is 6.20. The Morgan fingerprint density at radius 3 is 3.06 bits per heavy atom. The van der Waals surface area contributed by atoms with Crippen molar-refractivity contribution < 1.29 is 4.79 Å². The number of carbonyl (C=O) groups is 1. The fourth-order valence-corrected chi connectivity index (χ4v) is 3.20. The maximum Gasteiger partial charge on any atom is 0.246 e. The van der Waals surface area contributed by atoms with E-state index in [9.17, 15) is 4.79 Å². The lowest BCUT2D eigenvalue weighted by Crippen LogP contribution is -2.37. The van der Waals surface area contributed by atoms with E-state index in [1.54, 1.807) is 11.3 Å². The Kier molecular flexibility index (Phi) is 2.88. The third-order valence-electron chi connectivity index (χ3n) is 3.72. The predicted molar refractivity (Wildman–Crippen MR) is 71.6 cm³/mol. The van der Waals surface area contributed by atoms with Gasteiger partial charge in [-0.15, -0.1) is 11.3 Å². The van der Waals surface area contributed by atoms with Gasteiger partial charge in [0.15, 0.2) is 5.13 Å². The van der Waals surface area contributed by atoms with E-state index in [1.165, 1.54) is 4.88 Å². The van der Waals surface area contributed by atoms with Crippen molar-refractivity contribution in [2.75, 3.05) is 18.4 Å². The molecule has 1 aromatic heterocycles. The van der Waals surface area contributed by atoms with Crippen molar-refractivity contribution in [3.63, 3.8) is 0 Å². The molecular formula is C12H18N4OS. The lowest BCUT2D eigenvalue weighted by atomic mass is 10.2. The van der Waals surface area contributed by atoms with Crippen LogP contribution in [0.4, 0.5) is 5.13 Å². The van der Waals surface area contributed by atoms with Crippen LogP contribution in [0.1, 0.15) is 30.3 Å². The van der Waals surface area contributed by atoms with Gasteiger partial charge in [-0.1, -0.05) is 6.92 Å². The highest BCUT2D eigenvalue weighted by molar-refractivity contribution is 7.15. The van der Waals surface area contributed by atoms with Crippen molar-refractivity contribution in [1.29, 1.82) is 0 Å². The van der Waals surface area contributed by atoms with Gasteiger partial charge in [-0.2, -0.15) is 0 Å². The van der Waals surface area contributed by atoms with Crippen LogP contribution >= 0.6 is 11.3 Å². The second kappa shape index (κ2) is 4.29. The van der Waals surface area contributed by atoms with Gasteiger partial charge in [0.05, 0.1) is 11.2 Å². The van der Waals surface area contributed by atoms with E-state index in [4.69, 9.17) is 5.73 Å². The third-order valence-corrected chi connectivity index (χ3v) is 4.72. The van der Waals surface area contributed by atoms with Crippen LogP contribution in [-0.2, 0) is 17.8 Å². The zero-order chi connectivity index (χ0) is 12.8. The molecule has 2 heterocycles. The highest BCUT2D eigenvalue weighted by atomic mass is 32.1. The average Bonchev–Trinajstić information content (AvgIpc) is 2.99. The van der Waals surface area contributed by atoms with Crippen LogP contribution in [0.5, 0.6) is 0 Å². The second-order valence-electron chi connectivity index (χ2n) is 5.12. The summed E-state index contributed by atoms with van der Waals surface area (Å²) in [7, 11) is 0. The molecule has 1 saturated carbocycles. The van der Waals surface area contributed by atoms with E-state index < -0.39 is 5.54 Å². The molecule has 0 atom stereocenters. The first-order valence-electron chi connectivity index (χ1n) is 6.42. The van der Waals surface area contributed by atoms with Gasteiger partial charge >= 0.3 is 0 Å². The lowest BCUT2D eigenvalue weighted by molar-refractivity contribution is -0.118. The van der Waals surface area contributed by atoms with Crippen LogP contribution in [0.15, 0.2) is 0 Å². The zero-order valence-electron chi connectivity index (χ0n) is 10.5. The summed E-state index contributed by atoms with van der Waals surface area (Å²) < 4.78 is 0. The Hall–Kier alpha value is -0.980. The molecule has 98 valence electrons. The monoisotopic (exact) mass is 266 g/mol. The van der Waals surface area contributed by atoms with E-state index in [1.807, 2.05) is 0 Å². The SMILES string of the molecule is CCN1CCc2nc(NC(=O)C3(N)CC3)sc2C1. The fourth-order valence-electron chi connectivity index (χ4n) is 2.16. The largest absolute Gasteiger partial charge is 0.317 e. The van der Waals surface area contributed by atoms with Gasteiger partial charge in [-0.3, -0.25) is 9.69 Å². The van der Waals surface area contributed by atoms with E-state index in [0.717, 1.165) is 44.6 Å². The Bertz CT molecular complexity index is 480. The summed E-state index contributed by atoms with van der Waals surface area (Å²) in [6, 6.07) is 0. The lowest BCUT2D eigenvalue weighted by Gasteiger charge is -2.23. The highest BCUT2D eigenvalue weighted by Gasteiger charge is 2.46. The number of thiazole rings is 1. The Balaban J connectivity index is 1.71. The number of hydrogen-bond acceptors (Lipinski definition) is 5. The number of nitrogens with one attached hydrogen (secondary N) is 1. The van der Waals surface area contributed by atoms with Crippen molar-refractivity contribution in [1.82, 2.24) is 9.88 Å². The van der Waals surface area contributed by atoms with Crippen molar-refractivity contribution in [2.24, 2.45) is 5.73 Å². The van der Waals surface area contributed by atoms with Crippen molar-refractivity contribution in [3.8, 4) is 0 Å². The van der Waals surface area contributed by atoms with Gasteiger partial charge in [0.2, 0.25) is 5.91 Å². The van der Waals surface area contributed by atoms with Crippen molar-refractivity contribution in [3.05, 3.63) is 10.6 Å². The molecule has 1 aliphatic carbocycles. The third kappa shape index (κ3) is 2.15. The maximum atomic E-state index is 11.8. The molecule has 0 unspecified atom stereocenters. The highest BCUT2D eigenvalue weighted by Crippen LogP contribution is 2.34. The van der Waals surface area contributed by atoms with Crippen LogP contribution in [0, 0.1) is 0 Å². The maximum absolute atomic E-state index is 11.8. The van der Waals surface area contributed by atoms with Gasteiger partial charge in [0.1, 0.15) is 0 Å². The van der Waals surface area contributed by atoms with E-state index in [2.05, 4.69) is 22.1 Å². The molecule has 1 aliphatic heterocycles. The first kappa shape index (κ1) is 12.1. The number of anilines is 1. The molecule has 0 spiro atoms. The average molecular weight is 266 g/mol. The van der Waals surface area contributed by atoms with Gasteiger partial charge < -0.3 is 11.1 Å². The number of carbonyl (C=O) groups excluding carboxylic acids is 1. The minimum atomic E-state index is -0.623. The van der Waals surface area contributed by atoms with Crippen LogP contribution in [-0.4, -0.2) is 34.4 Å². The molecule has 5 nitrogen and oxygen atoms in total. The summed E-state index contributed by atoms with van der Waals surface area (Å²) in [5, 5.41) is 3.57. The van der Waals surface area contributed by atoms with Crippen LogP contribution < -0.4 is 11.1 Å². The predicted octanol–water partition coefficient (Wildman–Crippen LogP) is 0.951. The topological polar surface area (TPSA) is 71.2 Å². The summed E-state index contributed by atoms with van der Waals surface area (Å²) in [4.78, 5) is 20.0. The van der Waals surface area contributed by atoms with E-state index in [-0.39, 0.29) is 5.91 Å². The minimum Gasteiger partial charge on any atom is -0.317 e. The molecule has 0 aromatic carbocycles. The summed E-state index contributed by atoms with van der Waals surface area (Å²) in [6.07, 6.45) is 2.55. The van der Waals surface area contributed by atoms with Crippen molar-refractivity contribution in [2.45, 2.75) is 38.3 Å². The number of hydrogen-bond donors (Lipinski definition) is 2. The molecule has 0 bridgehead atoms. The van der Waals surface area contributed by atoms with E-state index in [0.29, 0.717) is 5.13 Å². The molecule has 1 fully saturated rings. The number of fused-ring (bicyclic) bond motifs is 1. The Morgan fingerprint density at radius 2 is 2.39 bits per heavy atom. The first-order valence-corrected chi connectivity index (χ1v) is 7.23. The number of likely N-dealkylation sites (N-methyl/N-ethyl adjacent to an activating group) is 1. The Morgan fingerprint density at radius 1 is 1.61 bits per heavy atom. The number of aromatic nitrogens is 1. The fraction of sp³-hybridized carbons (Fsp3) is 0.667. The Labute approximate surface area is 110 Å². The molecule has 2 aliphatic rings. The normalized spacial score (nSPS) is 21.4. The van der Waals surface area contributed by atoms with Gasteiger partial charge in [-0.05, 0) is 19.4 Å². The van der Waals surface area contributed by atoms with E-state index >= 15 is 0 Å². The molecule has 6 heteroatoms. The number of amides is 1. The van der Waals surface area contributed by atoms with Gasteiger partial charge in [-0.25, -0.2) is 4.98 Å². The van der Waals surface area contributed by atoms with Gasteiger partial charge in [0.25, 0.3) is 0 Å². The summed E-state index contributed by atoms with van der Waals surface area (Å²) >= 11 is 1.59. The standard InChI is InChI=1S/C12H18N4OS/c1-2-16-6-3-8-9(7-16)18-11(14-8)15-10(17)12(13)4-5-12/h2-7,13H2,1H3,(H,14,15,17). The number of nitrogens with two attached hydrogens (primary N) is 1. The van der Waals surface area contributed by atoms with Gasteiger partial charge in [0, 0.05) is 24.4 Å². The molecule has 1 amide bonds. The summed E-state index contributed by atoms with van der Waals surface area (Å²) in [5.74, 6) is -0.0825. The van der Waals surface area contributed by atoms with Crippen LogP contribution in [0.3, 0.4) is 0 Å². The van der Waals surface area contributed by atoms with Crippen LogP contribution in [0.25, 0.3) is 0 Å². The molecular weight excluding hydrogens is 248 g/mol. The molecule has 0 radical (unpaired) electrons.